The minimum atomic E-state index is 0.674. The third kappa shape index (κ3) is 1.65. The number of nitrogens with zero attached hydrogens (tertiary/aromatic N) is 1. The van der Waals surface area contributed by atoms with Crippen molar-refractivity contribution in [1.29, 1.82) is 0 Å². The van der Waals surface area contributed by atoms with E-state index in [0.29, 0.717) is 6.04 Å². The molecule has 2 unspecified atom stereocenters. The summed E-state index contributed by atoms with van der Waals surface area (Å²) in [5.41, 5.74) is 0. The molecule has 2 fully saturated rings. The monoisotopic (exact) mass is 252 g/mol. The van der Waals surface area contributed by atoms with Crippen LogP contribution in [-0.2, 0) is 0 Å². The molecular weight excluding hydrogens is 240 g/mol. The molecule has 0 bridgehead atoms. The fraction of sp³-hybridized carbons (Fsp3) is 0.545. The predicted octanol–water partition coefficient (Wildman–Crippen LogP) is 3.05. The molecule has 1 aromatic heterocycles. The highest BCUT2D eigenvalue weighted by atomic mass is 79.9. The van der Waals surface area contributed by atoms with Crippen LogP contribution in [-0.4, -0.2) is 11.0 Å². The fourth-order valence-corrected chi connectivity index (χ4v) is 2.74. The summed E-state index contributed by atoms with van der Waals surface area (Å²) in [4.78, 5) is 4.32. The first-order valence-corrected chi connectivity index (χ1v) is 5.98. The van der Waals surface area contributed by atoms with E-state index in [1.54, 1.807) is 0 Å². The van der Waals surface area contributed by atoms with Crippen LogP contribution >= 0.6 is 15.9 Å². The maximum atomic E-state index is 4.32. The molecule has 74 valence electrons. The number of hydrogen-bond acceptors (Lipinski definition) is 2. The molecule has 14 heavy (non-hydrogen) atoms. The zero-order valence-corrected chi connectivity index (χ0v) is 9.50. The molecule has 0 amide bonds. The number of rotatable bonds is 2. The van der Waals surface area contributed by atoms with Crippen molar-refractivity contribution >= 4 is 21.7 Å². The van der Waals surface area contributed by atoms with Gasteiger partial charge in [-0.25, -0.2) is 4.98 Å². The number of anilines is 1. The van der Waals surface area contributed by atoms with E-state index in [-0.39, 0.29) is 0 Å². The second-order valence-corrected chi connectivity index (χ2v) is 5.35. The van der Waals surface area contributed by atoms with Crippen molar-refractivity contribution in [2.75, 3.05) is 5.32 Å². The normalized spacial score (nSPS) is 33.9. The summed E-state index contributed by atoms with van der Waals surface area (Å²) in [6.45, 7) is 0. The molecular formula is C11H13BrN2. The number of aromatic nitrogens is 1. The molecule has 2 aliphatic carbocycles. The Morgan fingerprint density at radius 1 is 1.21 bits per heavy atom. The Hall–Kier alpha value is -0.570. The van der Waals surface area contributed by atoms with Crippen molar-refractivity contribution in [3.05, 3.63) is 22.8 Å². The van der Waals surface area contributed by atoms with Gasteiger partial charge in [0, 0.05) is 16.7 Å². The van der Waals surface area contributed by atoms with Gasteiger partial charge in [0.1, 0.15) is 5.82 Å². The highest BCUT2D eigenvalue weighted by Crippen LogP contribution is 2.52. The number of halogens is 1. The fourth-order valence-electron chi connectivity index (χ4n) is 2.50. The summed E-state index contributed by atoms with van der Waals surface area (Å²) in [6, 6.07) is 4.74. The molecule has 0 spiro atoms. The van der Waals surface area contributed by atoms with Gasteiger partial charge in [-0.2, -0.15) is 0 Å². The molecule has 0 saturated heterocycles. The Kier molecular flexibility index (Phi) is 2.01. The van der Waals surface area contributed by atoms with Gasteiger partial charge in [0.25, 0.3) is 0 Å². The standard InChI is InChI=1S/C11H13BrN2/c12-9-1-2-11(13-6-9)14-10-4-7-3-8(7)5-10/h1-2,6-8,10H,3-5H2,(H,13,14). The molecule has 1 aromatic rings. The van der Waals surface area contributed by atoms with Gasteiger partial charge in [-0.1, -0.05) is 0 Å². The summed E-state index contributed by atoms with van der Waals surface area (Å²) < 4.78 is 1.04. The molecule has 2 aliphatic rings. The summed E-state index contributed by atoms with van der Waals surface area (Å²) >= 11 is 3.38. The Morgan fingerprint density at radius 3 is 2.64 bits per heavy atom. The van der Waals surface area contributed by atoms with Gasteiger partial charge in [-0.05, 0) is 59.2 Å². The first-order valence-electron chi connectivity index (χ1n) is 5.19. The van der Waals surface area contributed by atoms with Crippen LogP contribution in [0.3, 0.4) is 0 Å². The quantitative estimate of drug-likeness (QED) is 0.876. The van der Waals surface area contributed by atoms with E-state index < -0.39 is 0 Å². The second kappa shape index (κ2) is 3.23. The van der Waals surface area contributed by atoms with Crippen LogP contribution in [0.25, 0.3) is 0 Å². The van der Waals surface area contributed by atoms with E-state index in [4.69, 9.17) is 0 Å². The lowest BCUT2D eigenvalue weighted by atomic mass is 10.1. The first-order chi connectivity index (χ1) is 6.81. The smallest absolute Gasteiger partial charge is 0.126 e. The largest absolute Gasteiger partial charge is 0.367 e. The van der Waals surface area contributed by atoms with Crippen molar-refractivity contribution in [1.82, 2.24) is 4.98 Å². The van der Waals surface area contributed by atoms with E-state index in [0.717, 1.165) is 22.1 Å². The van der Waals surface area contributed by atoms with Crippen molar-refractivity contribution in [2.24, 2.45) is 11.8 Å². The van der Waals surface area contributed by atoms with E-state index in [1.807, 2.05) is 18.3 Å². The van der Waals surface area contributed by atoms with Gasteiger partial charge in [0.15, 0.2) is 0 Å². The summed E-state index contributed by atoms with van der Waals surface area (Å²) in [6.07, 6.45) is 6.02. The predicted molar refractivity (Wildman–Crippen MR) is 60.2 cm³/mol. The summed E-state index contributed by atoms with van der Waals surface area (Å²) in [7, 11) is 0. The van der Waals surface area contributed by atoms with Gasteiger partial charge in [-0.15, -0.1) is 0 Å². The van der Waals surface area contributed by atoms with Gasteiger partial charge in [0.05, 0.1) is 0 Å². The minimum absolute atomic E-state index is 0.674. The average molecular weight is 253 g/mol. The Bertz CT molecular complexity index is 326. The number of hydrogen-bond donors (Lipinski definition) is 1. The maximum absolute atomic E-state index is 4.32. The summed E-state index contributed by atoms with van der Waals surface area (Å²) in [5.74, 6) is 3.07. The average Bonchev–Trinajstić information content (AvgIpc) is 2.79. The van der Waals surface area contributed by atoms with E-state index in [9.17, 15) is 0 Å². The van der Waals surface area contributed by atoms with Gasteiger partial charge in [-0.3, -0.25) is 0 Å². The lowest BCUT2D eigenvalue weighted by Crippen LogP contribution is -2.17. The van der Waals surface area contributed by atoms with E-state index >= 15 is 0 Å². The molecule has 0 radical (unpaired) electrons. The highest BCUT2D eigenvalue weighted by molar-refractivity contribution is 9.10. The zero-order chi connectivity index (χ0) is 9.54. The third-order valence-corrected chi connectivity index (χ3v) is 3.79. The molecule has 1 N–H and O–H groups in total. The van der Waals surface area contributed by atoms with Gasteiger partial charge in [0.2, 0.25) is 0 Å². The minimum Gasteiger partial charge on any atom is -0.367 e. The van der Waals surface area contributed by atoms with Gasteiger partial charge < -0.3 is 5.32 Å². The third-order valence-electron chi connectivity index (χ3n) is 3.32. The van der Waals surface area contributed by atoms with Gasteiger partial charge >= 0.3 is 0 Å². The number of pyridine rings is 1. The van der Waals surface area contributed by atoms with Crippen molar-refractivity contribution in [3.8, 4) is 0 Å². The number of fused-ring (bicyclic) bond motifs is 1. The maximum Gasteiger partial charge on any atom is 0.126 e. The Labute approximate surface area is 92.2 Å². The van der Waals surface area contributed by atoms with Crippen LogP contribution < -0.4 is 5.32 Å². The Morgan fingerprint density at radius 2 is 2.00 bits per heavy atom. The molecule has 2 atom stereocenters. The zero-order valence-electron chi connectivity index (χ0n) is 7.91. The van der Waals surface area contributed by atoms with Crippen LogP contribution in [0.15, 0.2) is 22.8 Å². The lowest BCUT2D eigenvalue weighted by molar-refractivity contribution is 0.649. The molecule has 2 saturated carbocycles. The highest BCUT2D eigenvalue weighted by Gasteiger charge is 2.45. The van der Waals surface area contributed by atoms with Crippen LogP contribution in [0.4, 0.5) is 5.82 Å². The summed E-state index contributed by atoms with van der Waals surface area (Å²) in [5, 5.41) is 3.50. The van der Waals surface area contributed by atoms with E-state index in [1.165, 1.54) is 19.3 Å². The molecule has 0 aromatic carbocycles. The molecule has 1 heterocycles. The lowest BCUT2D eigenvalue weighted by Gasteiger charge is -2.14. The molecule has 3 heteroatoms. The SMILES string of the molecule is Brc1ccc(NC2CC3CC3C2)nc1. The molecule has 2 nitrogen and oxygen atoms in total. The number of nitrogens with one attached hydrogen (secondary N) is 1. The topological polar surface area (TPSA) is 24.9 Å². The first kappa shape index (κ1) is 8.72. The van der Waals surface area contributed by atoms with Crippen LogP contribution in [0.2, 0.25) is 0 Å². The van der Waals surface area contributed by atoms with Crippen LogP contribution in [0.1, 0.15) is 19.3 Å². The van der Waals surface area contributed by atoms with Crippen molar-refractivity contribution in [3.63, 3.8) is 0 Å². The Balaban J connectivity index is 1.64. The van der Waals surface area contributed by atoms with Crippen LogP contribution in [0.5, 0.6) is 0 Å². The van der Waals surface area contributed by atoms with E-state index in [2.05, 4.69) is 26.2 Å². The van der Waals surface area contributed by atoms with Crippen molar-refractivity contribution < 1.29 is 0 Å². The molecule has 3 rings (SSSR count). The second-order valence-electron chi connectivity index (χ2n) is 4.43. The van der Waals surface area contributed by atoms with Crippen molar-refractivity contribution in [2.45, 2.75) is 25.3 Å². The molecule has 0 aliphatic heterocycles. The van der Waals surface area contributed by atoms with Crippen LogP contribution in [0, 0.1) is 11.8 Å².